The summed E-state index contributed by atoms with van der Waals surface area (Å²) in [6, 6.07) is 18.1. The number of halogens is 1. The molecule has 4 aromatic rings. The van der Waals surface area contributed by atoms with Crippen LogP contribution in [0.2, 0.25) is 0 Å². The highest BCUT2D eigenvalue weighted by Crippen LogP contribution is 2.44. The van der Waals surface area contributed by atoms with Crippen LogP contribution in [0.25, 0.3) is 22.2 Å². The van der Waals surface area contributed by atoms with E-state index in [1.165, 1.54) is 10.4 Å². The molecule has 4 nitrogen and oxygen atoms in total. The molecular formula is C30H28BrN3OS. The van der Waals surface area contributed by atoms with Gasteiger partial charge in [0, 0.05) is 20.3 Å². The molecule has 1 amide bonds. The van der Waals surface area contributed by atoms with Crippen molar-refractivity contribution in [2.75, 3.05) is 5.32 Å². The molecule has 182 valence electrons. The zero-order valence-electron chi connectivity index (χ0n) is 20.9. The van der Waals surface area contributed by atoms with Crippen LogP contribution in [-0.2, 0) is 12.8 Å². The molecule has 5 rings (SSSR count). The molecule has 0 fully saturated rings. The van der Waals surface area contributed by atoms with E-state index in [4.69, 9.17) is 4.98 Å². The molecule has 0 aliphatic heterocycles. The number of anilines is 1. The first-order valence-corrected chi connectivity index (χ1v) is 13.8. The topological polar surface area (TPSA) is 65.8 Å². The highest BCUT2D eigenvalue weighted by molar-refractivity contribution is 9.10. The number of aromatic nitrogens is 1. The van der Waals surface area contributed by atoms with E-state index >= 15 is 0 Å². The molecule has 2 aromatic carbocycles. The number of amides is 1. The van der Waals surface area contributed by atoms with Gasteiger partial charge in [-0.3, -0.25) is 4.79 Å². The van der Waals surface area contributed by atoms with Gasteiger partial charge in [0.05, 0.1) is 22.3 Å². The Morgan fingerprint density at radius 3 is 2.61 bits per heavy atom. The minimum atomic E-state index is -0.226. The zero-order chi connectivity index (χ0) is 25.6. The Labute approximate surface area is 224 Å². The highest BCUT2D eigenvalue weighted by atomic mass is 79.9. The van der Waals surface area contributed by atoms with Crippen molar-refractivity contribution in [3.8, 4) is 17.3 Å². The second kappa shape index (κ2) is 9.46. The molecule has 1 aliphatic rings. The maximum Gasteiger partial charge on any atom is 0.257 e. The summed E-state index contributed by atoms with van der Waals surface area (Å²) < 4.78 is 0.881. The summed E-state index contributed by atoms with van der Waals surface area (Å²) in [5, 5.41) is 14.5. The Morgan fingerprint density at radius 2 is 1.92 bits per heavy atom. The summed E-state index contributed by atoms with van der Waals surface area (Å²) in [6.07, 6.45) is 2.91. The summed E-state index contributed by atoms with van der Waals surface area (Å²) in [4.78, 5) is 19.8. The maximum absolute atomic E-state index is 13.7. The van der Waals surface area contributed by atoms with Crippen molar-refractivity contribution < 1.29 is 4.79 Å². The zero-order valence-corrected chi connectivity index (χ0v) is 23.3. The van der Waals surface area contributed by atoms with Gasteiger partial charge >= 0.3 is 0 Å². The van der Waals surface area contributed by atoms with Crippen LogP contribution in [-0.4, -0.2) is 10.9 Å². The number of nitrogens with zero attached hydrogens (tertiary/aromatic N) is 2. The van der Waals surface area contributed by atoms with Gasteiger partial charge in [0.2, 0.25) is 0 Å². The normalized spacial score (nSPS) is 15.4. The SMILES string of the molecule is Cc1ccc(-c2cc(C(=O)Nc3sc4c(c3C#N)CC[C@H](C(C)(C)C)C4)c3cc(Br)ccc3n2)cc1. The number of carbonyl (C=O) groups excluding carboxylic acids is 1. The molecule has 0 saturated heterocycles. The van der Waals surface area contributed by atoms with Crippen molar-refractivity contribution in [3.63, 3.8) is 0 Å². The lowest BCUT2D eigenvalue weighted by molar-refractivity contribution is 0.102. The van der Waals surface area contributed by atoms with Crippen LogP contribution >= 0.6 is 27.3 Å². The van der Waals surface area contributed by atoms with Gasteiger partial charge in [-0.2, -0.15) is 5.26 Å². The molecule has 1 N–H and O–H groups in total. The number of fused-ring (bicyclic) bond motifs is 2. The van der Waals surface area contributed by atoms with Crippen molar-refractivity contribution >= 4 is 49.1 Å². The lowest BCUT2D eigenvalue weighted by Crippen LogP contribution is -2.26. The van der Waals surface area contributed by atoms with E-state index in [1.807, 2.05) is 55.5 Å². The maximum atomic E-state index is 13.7. The van der Waals surface area contributed by atoms with E-state index in [1.54, 1.807) is 11.3 Å². The molecule has 36 heavy (non-hydrogen) atoms. The van der Waals surface area contributed by atoms with Crippen LogP contribution in [0.3, 0.4) is 0 Å². The van der Waals surface area contributed by atoms with E-state index in [0.29, 0.717) is 22.0 Å². The van der Waals surface area contributed by atoms with Gasteiger partial charge in [0.15, 0.2) is 0 Å². The lowest BCUT2D eigenvalue weighted by Gasteiger charge is -2.33. The first-order valence-electron chi connectivity index (χ1n) is 12.2. The minimum Gasteiger partial charge on any atom is -0.312 e. The summed E-state index contributed by atoms with van der Waals surface area (Å²) in [5.74, 6) is 0.341. The predicted molar refractivity (Wildman–Crippen MR) is 152 cm³/mol. The van der Waals surface area contributed by atoms with Gasteiger partial charge in [0.25, 0.3) is 5.91 Å². The quantitative estimate of drug-likeness (QED) is 0.275. The van der Waals surface area contributed by atoms with Crippen LogP contribution in [0.15, 0.2) is 53.0 Å². The van der Waals surface area contributed by atoms with Crippen LogP contribution in [0.4, 0.5) is 5.00 Å². The van der Waals surface area contributed by atoms with E-state index in [2.05, 4.69) is 48.1 Å². The fourth-order valence-electron chi connectivity index (χ4n) is 4.96. The third kappa shape index (κ3) is 4.70. The van der Waals surface area contributed by atoms with Crippen LogP contribution in [0.1, 0.15) is 59.1 Å². The molecule has 6 heteroatoms. The third-order valence-corrected chi connectivity index (χ3v) is 8.85. The number of carbonyl (C=O) groups is 1. The van der Waals surface area contributed by atoms with Gasteiger partial charge < -0.3 is 5.32 Å². The van der Waals surface area contributed by atoms with Gasteiger partial charge in [-0.05, 0) is 67.3 Å². The minimum absolute atomic E-state index is 0.216. The third-order valence-electron chi connectivity index (χ3n) is 7.19. The largest absolute Gasteiger partial charge is 0.312 e. The first kappa shape index (κ1) is 24.7. The van der Waals surface area contributed by atoms with Crippen LogP contribution < -0.4 is 5.32 Å². The number of nitriles is 1. The van der Waals surface area contributed by atoms with Crippen LogP contribution in [0.5, 0.6) is 0 Å². The Kier molecular flexibility index (Phi) is 6.48. The van der Waals surface area contributed by atoms with Crippen molar-refractivity contribution in [2.45, 2.75) is 47.0 Å². The monoisotopic (exact) mass is 557 g/mol. The Bertz CT molecular complexity index is 1520. The molecule has 1 atom stereocenters. The van der Waals surface area contributed by atoms with Crippen molar-refractivity contribution in [1.82, 2.24) is 4.98 Å². The highest BCUT2D eigenvalue weighted by Gasteiger charge is 2.32. The summed E-state index contributed by atoms with van der Waals surface area (Å²) >= 11 is 5.10. The number of aryl methyl sites for hydroxylation is 1. The molecule has 0 saturated carbocycles. The van der Waals surface area contributed by atoms with E-state index in [9.17, 15) is 10.1 Å². The second-order valence-corrected chi connectivity index (χ2v) is 12.7. The smallest absolute Gasteiger partial charge is 0.257 e. The van der Waals surface area contributed by atoms with Gasteiger partial charge in [-0.25, -0.2) is 4.98 Å². The molecule has 0 bridgehead atoms. The van der Waals surface area contributed by atoms with Crippen molar-refractivity contribution in [3.05, 3.63) is 80.1 Å². The number of rotatable bonds is 3. The van der Waals surface area contributed by atoms with E-state index in [-0.39, 0.29) is 11.3 Å². The molecule has 0 spiro atoms. The summed E-state index contributed by atoms with van der Waals surface area (Å²) in [6.45, 7) is 8.89. The predicted octanol–water partition coefficient (Wildman–Crippen LogP) is 8.31. The van der Waals surface area contributed by atoms with E-state index in [0.717, 1.165) is 51.5 Å². The number of benzene rings is 2. The number of nitrogens with one attached hydrogen (secondary N) is 1. The van der Waals surface area contributed by atoms with Crippen LogP contribution in [0, 0.1) is 29.6 Å². The van der Waals surface area contributed by atoms with Gasteiger partial charge in [-0.1, -0.05) is 66.5 Å². The molecule has 1 aliphatic carbocycles. The van der Waals surface area contributed by atoms with Crippen molar-refractivity contribution in [1.29, 1.82) is 5.26 Å². The molecule has 2 aromatic heterocycles. The Balaban J connectivity index is 1.55. The Hall–Kier alpha value is -3.01. The number of thiophene rings is 1. The molecule has 0 unspecified atom stereocenters. The second-order valence-electron chi connectivity index (χ2n) is 10.7. The number of hydrogen-bond acceptors (Lipinski definition) is 4. The number of pyridine rings is 1. The first-order chi connectivity index (χ1) is 17.1. The lowest BCUT2D eigenvalue weighted by atomic mass is 9.72. The number of hydrogen-bond donors (Lipinski definition) is 1. The standard InChI is InChI=1S/C30H28BrN3OS/c1-17-5-7-18(8-6-17)26-15-23(22-14-20(31)10-12-25(22)33-26)28(35)34-29-24(16-32)21-11-9-19(30(2,3)4)13-27(21)36-29/h5-8,10,12,14-15,19H,9,11,13H2,1-4H3,(H,34,35)/t19-/m0/s1. The van der Waals surface area contributed by atoms with Gasteiger partial charge in [0.1, 0.15) is 11.1 Å². The summed E-state index contributed by atoms with van der Waals surface area (Å²) in [7, 11) is 0. The molecule has 2 heterocycles. The fraction of sp³-hybridized carbons (Fsp3) is 0.300. The fourth-order valence-corrected chi connectivity index (χ4v) is 6.59. The Morgan fingerprint density at radius 1 is 1.17 bits per heavy atom. The average molecular weight is 559 g/mol. The van der Waals surface area contributed by atoms with Crippen molar-refractivity contribution in [2.24, 2.45) is 11.3 Å². The summed E-state index contributed by atoms with van der Waals surface area (Å²) in [5.41, 5.74) is 6.11. The molecular weight excluding hydrogens is 530 g/mol. The molecule has 0 radical (unpaired) electrons. The van der Waals surface area contributed by atoms with E-state index < -0.39 is 0 Å². The average Bonchev–Trinajstić information content (AvgIpc) is 3.19. The van der Waals surface area contributed by atoms with Gasteiger partial charge in [-0.15, -0.1) is 11.3 Å².